The number of nitrogens with one attached hydrogen (secondary N) is 1. The molecule has 3 rings (SSSR count). The third kappa shape index (κ3) is 4.94. The van der Waals surface area contributed by atoms with Crippen molar-refractivity contribution in [3.63, 3.8) is 0 Å². The lowest BCUT2D eigenvalue weighted by atomic mass is 9.96. The Morgan fingerprint density at radius 2 is 1.92 bits per heavy atom. The molecule has 4 nitrogen and oxygen atoms in total. The Labute approximate surface area is 159 Å². The van der Waals surface area contributed by atoms with E-state index in [0.29, 0.717) is 19.5 Å². The van der Waals surface area contributed by atoms with Crippen molar-refractivity contribution in [3.8, 4) is 0 Å². The van der Waals surface area contributed by atoms with E-state index in [0.717, 1.165) is 31.4 Å². The second-order valence-corrected chi connectivity index (χ2v) is 8.03. The lowest BCUT2D eigenvalue weighted by molar-refractivity contribution is -0.135. The Morgan fingerprint density at radius 3 is 2.65 bits per heavy atom. The first-order valence-corrected chi connectivity index (χ1v) is 10.1. The number of carbonyl (C=O) groups excluding carboxylic acids is 2. The van der Waals surface area contributed by atoms with Crippen LogP contribution in [0.5, 0.6) is 0 Å². The van der Waals surface area contributed by atoms with Crippen LogP contribution in [0.2, 0.25) is 0 Å². The summed E-state index contributed by atoms with van der Waals surface area (Å²) in [6, 6.07) is 14.0. The van der Waals surface area contributed by atoms with Crippen LogP contribution in [0.1, 0.15) is 35.1 Å². The van der Waals surface area contributed by atoms with Crippen LogP contribution >= 0.6 is 11.3 Å². The Hall–Kier alpha value is -2.14. The Bertz CT molecular complexity index is 741. The highest BCUT2D eigenvalue weighted by atomic mass is 32.1. The van der Waals surface area contributed by atoms with Gasteiger partial charge in [0.05, 0.1) is 18.9 Å². The molecular weight excluding hydrogens is 344 g/mol. The number of hydrogen-bond donors (Lipinski definition) is 1. The van der Waals surface area contributed by atoms with Gasteiger partial charge in [0, 0.05) is 22.8 Å². The van der Waals surface area contributed by atoms with Crippen LogP contribution in [0.25, 0.3) is 0 Å². The summed E-state index contributed by atoms with van der Waals surface area (Å²) < 4.78 is 0. The fourth-order valence-electron chi connectivity index (χ4n) is 3.33. The molecule has 1 aromatic heterocycles. The van der Waals surface area contributed by atoms with Gasteiger partial charge in [0.15, 0.2) is 0 Å². The topological polar surface area (TPSA) is 49.4 Å². The fourth-order valence-corrected chi connectivity index (χ4v) is 4.22. The van der Waals surface area contributed by atoms with Gasteiger partial charge in [-0.25, -0.2) is 0 Å². The number of aryl methyl sites for hydroxylation is 1. The van der Waals surface area contributed by atoms with Gasteiger partial charge in [-0.2, -0.15) is 0 Å². The molecule has 1 atom stereocenters. The van der Waals surface area contributed by atoms with Crippen LogP contribution in [-0.4, -0.2) is 29.8 Å². The van der Waals surface area contributed by atoms with E-state index in [2.05, 4.69) is 24.4 Å². The largest absolute Gasteiger partial charge is 0.351 e. The van der Waals surface area contributed by atoms with Crippen LogP contribution in [-0.2, 0) is 29.0 Å². The quantitative estimate of drug-likeness (QED) is 0.847. The van der Waals surface area contributed by atoms with Crippen molar-refractivity contribution in [2.24, 2.45) is 5.92 Å². The summed E-state index contributed by atoms with van der Waals surface area (Å²) in [4.78, 5) is 29.4. The van der Waals surface area contributed by atoms with E-state index in [9.17, 15) is 9.59 Å². The summed E-state index contributed by atoms with van der Waals surface area (Å²) in [6.45, 7) is 4.00. The maximum atomic E-state index is 12.5. The first kappa shape index (κ1) is 18.6. The molecule has 0 saturated carbocycles. The van der Waals surface area contributed by atoms with Gasteiger partial charge < -0.3 is 10.2 Å². The number of rotatable bonds is 6. The molecule has 1 unspecified atom stereocenters. The van der Waals surface area contributed by atoms with Crippen molar-refractivity contribution in [1.82, 2.24) is 10.2 Å². The lowest BCUT2D eigenvalue weighted by Crippen LogP contribution is -2.45. The molecule has 1 aliphatic rings. The Kier molecular flexibility index (Phi) is 6.45. The number of likely N-dealkylation sites (tertiary alicyclic amines) is 1. The summed E-state index contributed by atoms with van der Waals surface area (Å²) >= 11 is 1.75. The maximum absolute atomic E-state index is 12.5. The zero-order valence-electron chi connectivity index (χ0n) is 15.2. The van der Waals surface area contributed by atoms with Crippen molar-refractivity contribution in [2.45, 2.75) is 39.2 Å². The summed E-state index contributed by atoms with van der Waals surface area (Å²) in [5.41, 5.74) is 1.02. The third-order valence-corrected chi connectivity index (χ3v) is 6.08. The van der Waals surface area contributed by atoms with Gasteiger partial charge in [-0.1, -0.05) is 37.3 Å². The summed E-state index contributed by atoms with van der Waals surface area (Å²) in [6.07, 6.45) is 3.17. The monoisotopic (exact) mass is 370 g/mol. The minimum absolute atomic E-state index is 0.0636. The van der Waals surface area contributed by atoms with E-state index in [4.69, 9.17) is 0 Å². The highest BCUT2D eigenvalue weighted by Gasteiger charge is 2.28. The predicted molar refractivity (Wildman–Crippen MR) is 105 cm³/mol. The van der Waals surface area contributed by atoms with E-state index >= 15 is 0 Å². The van der Waals surface area contributed by atoms with Gasteiger partial charge in [-0.05, 0) is 37.0 Å². The van der Waals surface area contributed by atoms with Crippen LogP contribution < -0.4 is 5.32 Å². The van der Waals surface area contributed by atoms with Crippen molar-refractivity contribution >= 4 is 23.2 Å². The number of piperidine rings is 1. The first-order chi connectivity index (χ1) is 12.7. The zero-order valence-corrected chi connectivity index (χ0v) is 16.1. The highest BCUT2D eigenvalue weighted by Crippen LogP contribution is 2.20. The molecule has 1 fully saturated rings. The summed E-state index contributed by atoms with van der Waals surface area (Å²) in [5.74, 6) is 0.0716. The molecule has 1 aromatic carbocycles. The number of hydrogen-bond acceptors (Lipinski definition) is 3. The highest BCUT2D eigenvalue weighted by molar-refractivity contribution is 7.11. The molecule has 1 aliphatic heterocycles. The molecule has 1 N–H and O–H groups in total. The van der Waals surface area contributed by atoms with Gasteiger partial charge in [-0.3, -0.25) is 9.59 Å². The van der Waals surface area contributed by atoms with Crippen LogP contribution in [0, 0.1) is 5.92 Å². The number of benzene rings is 1. The molecule has 0 aliphatic carbocycles. The van der Waals surface area contributed by atoms with Crippen molar-refractivity contribution in [1.29, 1.82) is 0 Å². The Balaban J connectivity index is 1.50. The van der Waals surface area contributed by atoms with Gasteiger partial charge in [0.1, 0.15) is 0 Å². The van der Waals surface area contributed by atoms with Gasteiger partial charge in [-0.15, -0.1) is 11.3 Å². The van der Waals surface area contributed by atoms with Crippen LogP contribution in [0.4, 0.5) is 0 Å². The van der Waals surface area contributed by atoms with Gasteiger partial charge in [0.25, 0.3) is 0 Å². The number of thiophene rings is 1. The standard InChI is InChI=1S/C21H26N2O2S/c1-2-18-10-11-19(26-18)14-22-21(25)17-9-6-12-23(15-17)20(24)13-16-7-4-3-5-8-16/h3-5,7-8,10-11,17H,2,6,9,12-15H2,1H3,(H,22,25). The Morgan fingerprint density at radius 1 is 1.15 bits per heavy atom. The summed E-state index contributed by atoms with van der Waals surface area (Å²) in [5, 5.41) is 3.05. The van der Waals surface area contributed by atoms with Crippen molar-refractivity contribution in [3.05, 3.63) is 57.8 Å². The van der Waals surface area contributed by atoms with E-state index in [1.165, 1.54) is 9.75 Å². The minimum atomic E-state index is -0.103. The van der Waals surface area contributed by atoms with E-state index < -0.39 is 0 Å². The minimum Gasteiger partial charge on any atom is -0.351 e. The SMILES string of the molecule is CCc1ccc(CNC(=O)C2CCCN(C(=O)Cc3ccccc3)C2)s1. The molecule has 0 bridgehead atoms. The second kappa shape index (κ2) is 8.99. The second-order valence-electron chi connectivity index (χ2n) is 6.78. The molecule has 2 amide bonds. The molecule has 2 aromatic rings. The van der Waals surface area contributed by atoms with E-state index in [1.54, 1.807) is 11.3 Å². The fraction of sp³-hybridized carbons (Fsp3) is 0.429. The smallest absolute Gasteiger partial charge is 0.227 e. The molecular formula is C21H26N2O2S. The molecule has 5 heteroatoms. The lowest BCUT2D eigenvalue weighted by Gasteiger charge is -2.32. The number of nitrogens with zero attached hydrogens (tertiary/aromatic N) is 1. The average molecular weight is 371 g/mol. The van der Waals surface area contributed by atoms with Gasteiger partial charge in [0.2, 0.25) is 11.8 Å². The zero-order chi connectivity index (χ0) is 18.4. The van der Waals surface area contributed by atoms with Crippen molar-refractivity contribution in [2.75, 3.05) is 13.1 Å². The molecule has 0 spiro atoms. The number of amides is 2. The molecule has 2 heterocycles. The predicted octanol–water partition coefficient (Wildman–Crippen LogP) is 3.41. The maximum Gasteiger partial charge on any atom is 0.227 e. The molecule has 0 radical (unpaired) electrons. The third-order valence-electron chi connectivity index (χ3n) is 4.85. The molecule has 26 heavy (non-hydrogen) atoms. The summed E-state index contributed by atoms with van der Waals surface area (Å²) in [7, 11) is 0. The van der Waals surface area contributed by atoms with E-state index in [-0.39, 0.29) is 17.7 Å². The van der Waals surface area contributed by atoms with Crippen LogP contribution in [0.3, 0.4) is 0 Å². The van der Waals surface area contributed by atoms with Crippen LogP contribution in [0.15, 0.2) is 42.5 Å². The average Bonchev–Trinajstić information content (AvgIpc) is 3.15. The molecule has 1 saturated heterocycles. The normalized spacial score (nSPS) is 17.1. The van der Waals surface area contributed by atoms with E-state index in [1.807, 2.05) is 35.2 Å². The van der Waals surface area contributed by atoms with Gasteiger partial charge >= 0.3 is 0 Å². The number of carbonyl (C=O) groups is 2. The van der Waals surface area contributed by atoms with Crippen molar-refractivity contribution < 1.29 is 9.59 Å². The first-order valence-electron chi connectivity index (χ1n) is 9.32. The molecule has 138 valence electrons.